The van der Waals surface area contributed by atoms with Crippen LogP contribution in [0.3, 0.4) is 0 Å². The van der Waals surface area contributed by atoms with E-state index in [0.717, 1.165) is 0 Å². The molecule has 0 spiro atoms. The molecule has 218 valence electrons. The number of esters is 1. The Balaban J connectivity index is 1.59. The van der Waals surface area contributed by atoms with Gasteiger partial charge in [0.1, 0.15) is 11.4 Å². The van der Waals surface area contributed by atoms with Crippen LogP contribution in [0.4, 0.5) is 0 Å². The van der Waals surface area contributed by atoms with Crippen molar-refractivity contribution >= 4 is 34.4 Å². The first kappa shape index (κ1) is 29.9. The monoisotopic (exact) mass is 583 g/mol. The summed E-state index contributed by atoms with van der Waals surface area (Å²) in [4.78, 5) is 53.4. The van der Waals surface area contributed by atoms with Crippen molar-refractivity contribution in [3.8, 4) is 11.5 Å². The molecular weight excluding hydrogens is 550 g/mol. The summed E-state index contributed by atoms with van der Waals surface area (Å²) in [6, 6.07) is 5.06. The first-order valence-corrected chi connectivity index (χ1v) is 13.7. The quantitative estimate of drug-likeness (QED) is 0.201. The number of halogens is 1. The van der Waals surface area contributed by atoms with Crippen molar-refractivity contribution in [3.63, 3.8) is 0 Å². The van der Waals surface area contributed by atoms with Gasteiger partial charge in [0.25, 0.3) is 11.5 Å². The molecule has 3 heterocycles. The average Bonchev–Trinajstić information content (AvgIpc) is 3.52. The fourth-order valence-electron chi connectivity index (χ4n) is 4.40. The lowest BCUT2D eigenvalue weighted by molar-refractivity contribution is -0.199. The van der Waals surface area contributed by atoms with Crippen LogP contribution >= 0.6 is 11.6 Å². The van der Waals surface area contributed by atoms with Gasteiger partial charge >= 0.3 is 5.97 Å². The Hall–Kier alpha value is -4.03. The number of carbonyl (C=O) groups excluding carboxylic acids is 2. The normalized spacial score (nSPS) is 12.5. The third kappa shape index (κ3) is 7.01. The van der Waals surface area contributed by atoms with E-state index in [1.165, 1.54) is 23.4 Å². The van der Waals surface area contributed by atoms with Crippen LogP contribution in [-0.4, -0.2) is 64.0 Å². The Morgan fingerprint density at radius 1 is 1.27 bits per heavy atom. The maximum atomic E-state index is 13.7. The van der Waals surface area contributed by atoms with E-state index in [9.17, 15) is 19.5 Å². The zero-order valence-corrected chi connectivity index (χ0v) is 24.5. The number of rotatable bonds is 11. The fraction of sp³-hybridized carbons (Fsp3) is 0.429. The van der Waals surface area contributed by atoms with E-state index in [4.69, 9.17) is 16.3 Å². The number of amides is 1. The van der Waals surface area contributed by atoms with E-state index < -0.39 is 23.6 Å². The van der Waals surface area contributed by atoms with Gasteiger partial charge in [-0.25, -0.2) is 15.0 Å². The zero-order valence-electron chi connectivity index (χ0n) is 23.7. The lowest BCUT2D eigenvalue weighted by atomic mass is 10.1. The highest BCUT2D eigenvalue weighted by Crippen LogP contribution is 2.26. The molecule has 0 bridgehead atoms. The molecule has 1 unspecified atom stereocenters. The smallest absolute Gasteiger partial charge is 0.311 e. The summed E-state index contributed by atoms with van der Waals surface area (Å²) in [6.45, 7) is 7.52. The van der Waals surface area contributed by atoms with Crippen molar-refractivity contribution < 1.29 is 19.4 Å². The Morgan fingerprint density at radius 2 is 2.02 bits per heavy atom. The second-order valence-corrected chi connectivity index (χ2v) is 10.9. The molecule has 0 aliphatic heterocycles. The third-order valence-electron chi connectivity index (χ3n) is 6.58. The molecule has 0 saturated carbocycles. The lowest BCUT2D eigenvalue weighted by Gasteiger charge is -2.21. The summed E-state index contributed by atoms with van der Waals surface area (Å²) in [7, 11) is 1.61. The van der Waals surface area contributed by atoms with Crippen LogP contribution in [0.15, 0.2) is 41.7 Å². The second-order valence-electron chi connectivity index (χ2n) is 10.4. The van der Waals surface area contributed by atoms with Gasteiger partial charge in [-0.15, -0.1) is 0 Å². The van der Waals surface area contributed by atoms with E-state index in [1.807, 2.05) is 11.5 Å². The molecule has 0 saturated heterocycles. The van der Waals surface area contributed by atoms with Crippen LogP contribution in [-0.2, 0) is 29.2 Å². The van der Waals surface area contributed by atoms with E-state index in [-0.39, 0.29) is 17.8 Å². The van der Waals surface area contributed by atoms with Crippen molar-refractivity contribution in [1.82, 2.24) is 34.2 Å². The van der Waals surface area contributed by atoms with Gasteiger partial charge in [-0.1, -0.05) is 18.5 Å². The molecule has 1 atom stereocenters. The highest BCUT2D eigenvalue weighted by atomic mass is 35.5. The van der Waals surface area contributed by atoms with E-state index in [2.05, 4.69) is 20.1 Å². The molecule has 4 aromatic rings. The Morgan fingerprint density at radius 3 is 2.71 bits per heavy atom. The van der Waals surface area contributed by atoms with Crippen LogP contribution in [0, 0.1) is 5.92 Å². The molecular formula is C28H34ClN7O5. The average molecular weight is 584 g/mol. The number of imidazole rings is 1. The minimum absolute atomic E-state index is 0.0918. The SMILES string of the molecule is CCn1[nH]cc(CN(C)C(=O)c2nc(-c3cncn3CCCC(C)C(=O)OC(C)(C)O)nc3ccc(Cl)cc23)c1=O. The highest BCUT2D eigenvalue weighted by Gasteiger charge is 2.24. The van der Waals surface area contributed by atoms with Crippen LogP contribution in [0.5, 0.6) is 0 Å². The predicted octanol–water partition coefficient (Wildman–Crippen LogP) is 3.62. The number of nitrogens with one attached hydrogen (secondary N) is 1. The van der Waals surface area contributed by atoms with Crippen LogP contribution < -0.4 is 5.56 Å². The Kier molecular flexibility index (Phi) is 8.93. The zero-order chi connectivity index (χ0) is 29.9. The number of aromatic nitrogens is 6. The highest BCUT2D eigenvalue weighted by molar-refractivity contribution is 6.31. The van der Waals surface area contributed by atoms with Gasteiger partial charge in [-0.05, 0) is 38.0 Å². The number of aliphatic hydroxyl groups is 1. The van der Waals surface area contributed by atoms with E-state index >= 15 is 0 Å². The molecule has 0 aliphatic carbocycles. The number of carbonyl (C=O) groups is 2. The molecule has 13 heteroatoms. The Labute approximate surface area is 241 Å². The van der Waals surface area contributed by atoms with Crippen molar-refractivity contribution in [1.29, 1.82) is 0 Å². The number of nitrogens with zero attached hydrogens (tertiary/aromatic N) is 6. The second kappa shape index (κ2) is 12.2. The van der Waals surface area contributed by atoms with Gasteiger partial charge in [-0.2, -0.15) is 0 Å². The molecule has 41 heavy (non-hydrogen) atoms. The number of aromatic amines is 1. The summed E-state index contributed by atoms with van der Waals surface area (Å²) in [5.41, 5.74) is 1.55. The number of H-pyrrole nitrogens is 1. The van der Waals surface area contributed by atoms with E-state index in [1.54, 1.807) is 50.9 Å². The molecule has 1 aromatic carbocycles. The molecule has 3 aromatic heterocycles. The van der Waals surface area contributed by atoms with Crippen LogP contribution in [0.25, 0.3) is 22.4 Å². The summed E-state index contributed by atoms with van der Waals surface area (Å²) in [5, 5.41) is 13.6. The number of hydrogen-bond donors (Lipinski definition) is 2. The molecule has 0 radical (unpaired) electrons. The number of aryl methyl sites for hydroxylation is 2. The van der Waals surface area contributed by atoms with Gasteiger partial charge in [0.15, 0.2) is 5.82 Å². The first-order valence-electron chi connectivity index (χ1n) is 13.3. The summed E-state index contributed by atoms with van der Waals surface area (Å²) < 4.78 is 8.37. The molecule has 12 nitrogen and oxygen atoms in total. The number of hydrogen-bond acceptors (Lipinski definition) is 8. The maximum Gasteiger partial charge on any atom is 0.311 e. The molecule has 0 aliphatic rings. The van der Waals surface area contributed by atoms with Gasteiger partial charge in [0.05, 0.1) is 36.1 Å². The predicted molar refractivity (Wildman–Crippen MR) is 153 cm³/mol. The van der Waals surface area contributed by atoms with Crippen molar-refractivity contribution in [3.05, 3.63) is 63.6 Å². The Bertz CT molecular complexity index is 1620. The molecule has 2 N–H and O–H groups in total. The largest absolute Gasteiger partial charge is 0.434 e. The third-order valence-corrected chi connectivity index (χ3v) is 6.81. The van der Waals surface area contributed by atoms with Crippen LogP contribution in [0.1, 0.15) is 56.6 Å². The van der Waals surface area contributed by atoms with Crippen molar-refractivity contribution in [2.24, 2.45) is 5.92 Å². The van der Waals surface area contributed by atoms with Crippen LogP contribution in [0.2, 0.25) is 5.02 Å². The molecule has 1 amide bonds. The molecule has 4 rings (SSSR count). The summed E-state index contributed by atoms with van der Waals surface area (Å²) in [5.74, 6) is -2.50. The number of benzene rings is 1. The summed E-state index contributed by atoms with van der Waals surface area (Å²) >= 11 is 6.26. The van der Waals surface area contributed by atoms with Gasteiger partial charge < -0.3 is 24.4 Å². The standard InChI is InChI=1S/C28H34ClN7O5/c1-6-36-25(37)18(13-31-36)15-34(5)26(38)23-20-12-19(29)9-10-21(20)32-24(33-23)22-14-30-16-35(22)11-7-8-17(2)27(39)41-28(3,4)40/h9-10,12-14,16-17,31,40H,6-8,11,15H2,1-5H3. The minimum atomic E-state index is -1.53. The maximum absolute atomic E-state index is 13.7. The van der Waals surface area contributed by atoms with Crippen molar-refractivity contribution in [2.75, 3.05) is 7.05 Å². The molecule has 0 fully saturated rings. The number of ether oxygens (including phenoxy) is 1. The summed E-state index contributed by atoms with van der Waals surface area (Å²) in [6.07, 6.45) is 6.00. The minimum Gasteiger partial charge on any atom is -0.434 e. The topological polar surface area (TPSA) is 148 Å². The van der Waals surface area contributed by atoms with Gasteiger partial charge in [-0.3, -0.25) is 19.1 Å². The fourth-order valence-corrected chi connectivity index (χ4v) is 4.57. The first-order chi connectivity index (χ1) is 19.4. The van der Waals surface area contributed by atoms with E-state index in [0.29, 0.717) is 58.9 Å². The van der Waals surface area contributed by atoms with Gasteiger partial charge in [0.2, 0.25) is 5.79 Å². The number of fused-ring (bicyclic) bond motifs is 1. The lowest BCUT2D eigenvalue weighted by Crippen LogP contribution is -2.30. The van der Waals surface area contributed by atoms with Crippen molar-refractivity contribution in [2.45, 2.75) is 66.0 Å². The van der Waals surface area contributed by atoms with Gasteiger partial charge in [0, 0.05) is 50.6 Å².